The van der Waals surface area contributed by atoms with Crippen molar-refractivity contribution in [3.05, 3.63) is 82.9 Å². The minimum Gasteiger partial charge on any atom is -0.338 e. The summed E-state index contributed by atoms with van der Waals surface area (Å²) in [5.41, 5.74) is 5.16. The van der Waals surface area contributed by atoms with Gasteiger partial charge in [0, 0.05) is 21.8 Å². The van der Waals surface area contributed by atoms with Crippen molar-refractivity contribution in [3.8, 4) is 11.4 Å². The second kappa shape index (κ2) is 6.65. The number of benzene rings is 3. The first-order valence-electron chi connectivity index (χ1n) is 8.22. The number of imidazole rings is 1. The van der Waals surface area contributed by atoms with Crippen LogP contribution < -0.4 is 5.32 Å². The third kappa shape index (κ3) is 3.32. The summed E-state index contributed by atoms with van der Waals surface area (Å²) < 4.78 is 0. The van der Waals surface area contributed by atoms with E-state index in [0.717, 1.165) is 33.7 Å². The Hall–Kier alpha value is -3.11. The molecule has 1 amide bonds. The Balaban J connectivity index is 1.55. The van der Waals surface area contributed by atoms with Crippen LogP contribution in [-0.2, 0) is 0 Å². The standard InChI is InChI=1S/C21H16ClN3O/c1-13-2-9-17(10-3-13)23-21(26)15-6-4-14(5-7-15)20-24-18-11-8-16(22)12-19(18)25-20/h2-12H,1H3,(H,23,26)(H,24,25). The zero-order chi connectivity index (χ0) is 18.1. The monoisotopic (exact) mass is 361 g/mol. The number of amides is 1. The third-order valence-electron chi connectivity index (χ3n) is 4.17. The first kappa shape index (κ1) is 16.4. The fourth-order valence-electron chi connectivity index (χ4n) is 2.74. The Bertz CT molecular complexity index is 1080. The molecule has 0 saturated carbocycles. The van der Waals surface area contributed by atoms with E-state index in [4.69, 9.17) is 11.6 Å². The highest BCUT2D eigenvalue weighted by Crippen LogP contribution is 2.23. The van der Waals surface area contributed by atoms with Crippen LogP contribution in [0.25, 0.3) is 22.4 Å². The summed E-state index contributed by atoms with van der Waals surface area (Å²) in [4.78, 5) is 20.2. The molecular weight excluding hydrogens is 346 g/mol. The number of hydrogen-bond acceptors (Lipinski definition) is 2. The average Bonchev–Trinajstić information content (AvgIpc) is 3.07. The molecule has 1 aromatic heterocycles. The van der Waals surface area contributed by atoms with Gasteiger partial charge in [0.25, 0.3) is 5.91 Å². The predicted octanol–water partition coefficient (Wildman–Crippen LogP) is 5.44. The molecule has 2 N–H and O–H groups in total. The van der Waals surface area contributed by atoms with E-state index in [1.54, 1.807) is 12.1 Å². The van der Waals surface area contributed by atoms with Crippen LogP contribution in [0.4, 0.5) is 5.69 Å². The molecule has 1 heterocycles. The number of aromatic nitrogens is 2. The zero-order valence-corrected chi connectivity index (χ0v) is 14.8. The number of fused-ring (bicyclic) bond motifs is 1. The number of hydrogen-bond donors (Lipinski definition) is 2. The molecule has 0 aliphatic rings. The fraction of sp³-hybridized carbons (Fsp3) is 0.0476. The Morgan fingerprint density at radius 2 is 1.73 bits per heavy atom. The van der Waals surface area contributed by atoms with Crippen molar-refractivity contribution >= 4 is 34.2 Å². The van der Waals surface area contributed by atoms with Crippen LogP contribution in [0.2, 0.25) is 5.02 Å². The van der Waals surface area contributed by atoms with E-state index >= 15 is 0 Å². The number of nitrogens with one attached hydrogen (secondary N) is 2. The van der Waals surface area contributed by atoms with Gasteiger partial charge < -0.3 is 10.3 Å². The Morgan fingerprint density at radius 1 is 1.00 bits per heavy atom. The van der Waals surface area contributed by atoms with Crippen LogP contribution in [0.15, 0.2) is 66.7 Å². The molecule has 0 spiro atoms. The summed E-state index contributed by atoms with van der Waals surface area (Å²) in [6.45, 7) is 2.01. The summed E-state index contributed by atoms with van der Waals surface area (Å²) in [6, 6.07) is 20.6. The van der Waals surface area contributed by atoms with Crippen LogP contribution in [0, 0.1) is 6.92 Å². The van der Waals surface area contributed by atoms with Gasteiger partial charge in [0.2, 0.25) is 0 Å². The van der Waals surface area contributed by atoms with Gasteiger partial charge in [0.1, 0.15) is 5.82 Å². The molecule has 0 aliphatic carbocycles. The Kier molecular flexibility index (Phi) is 4.19. The second-order valence-corrected chi connectivity index (χ2v) is 6.58. The number of rotatable bonds is 3. The molecule has 4 nitrogen and oxygen atoms in total. The Morgan fingerprint density at radius 3 is 2.46 bits per heavy atom. The first-order valence-corrected chi connectivity index (χ1v) is 8.60. The maximum Gasteiger partial charge on any atom is 0.255 e. The number of anilines is 1. The van der Waals surface area contributed by atoms with E-state index in [-0.39, 0.29) is 5.91 Å². The summed E-state index contributed by atoms with van der Waals surface area (Å²) in [7, 11) is 0. The van der Waals surface area contributed by atoms with Crippen molar-refractivity contribution < 1.29 is 4.79 Å². The average molecular weight is 362 g/mol. The lowest BCUT2D eigenvalue weighted by molar-refractivity contribution is 0.102. The summed E-state index contributed by atoms with van der Waals surface area (Å²) in [6.07, 6.45) is 0. The van der Waals surface area contributed by atoms with E-state index < -0.39 is 0 Å². The molecule has 0 unspecified atom stereocenters. The van der Waals surface area contributed by atoms with Crippen LogP contribution in [0.5, 0.6) is 0 Å². The van der Waals surface area contributed by atoms with Gasteiger partial charge in [-0.1, -0.05) is 41.4 Å². The topological polar surface area (TPSA) is 57.8 Å². The third-order valence-corrected chi connectivity index (χ3v) is 4.41. The van der Waals surface area contributed by atoms with Gasteiger partial charge in [0.05, 0.1) is 11.0 Å². The number of aryl methyl sites for hydroxylation is 1. The number of nitrogens with zero attached hydrogens (tertiary/aromatic N) is 1. The van der Waals surface area contributed by atoms with Gasteiger partial charge in [-0.15, -0.1) is 0 Å². The molecule has 0 saturated heterocycles. The van der Waals surface area contributed by atoms with Crippen LogP contribution in [0.3, 0.4) is 0 Å². The summed E-state index contributed by atoms with van der Waals surface area (Å²) in [5, 5.41) is 3.56. The van der Waals surface area contributed by atoms with Gasteiger partial charge in [-0.25, -0.2) is 4.98 Å². The van der Waals surface area contributed by atoms with Crippen molar-refractivity contribution in [1.29, 1.82) is 0 Å². The number of carbonyl (C=O) groups is 1. The summed E-state index contributed by atoms with van der Waals surface area (Å²) >= 11 is 6.01. The molecular formula is C21H16ClN3O. The molecule has 5 heteroatoms. The lowest BCUT2D eigenvalue weighted by Crippen LogP contribution is -2.11. The number of H-pyrrole nitrogens is 1. The zero-order valence-electron chi connectivity index (χ0n) is 14.1. The largest absolute Gasteiger partial charge is 0.338 e. The predicted molar refractivity (Wildman–Crippen MR) is 106 cm³/mol. The highest BCUT2D eigenvalue weighted by atomic mass is 35.5. The van der Waals surface area contributed by atoms with Crippen LogP contribution in [-0.4, -0.2) is 15.9 Å². The smallest absolute Gasteiger partial charge is 0.255 e. The van der Waals surface area contributed by atoms with Gasteiger partial charge in [0.15, 0.2) is 0 Å². The van der Waals surface area contributed by atoms with E-state index in [1.807, 2.05) is 61.5 Å². The van der Waals surface area contributed by atoms with Crippen molar-refractivity contribution in [2.24, 2.45) is 0 Å². The minimum atomic E-state index is -0.142. The number of aromatic amines is 1. The SMILES string of the molecule is Cc1ccc(NC(=O)c2ccc(-c3nc4ccc(Cl)cc4[nH]3)cc2)cc1. The van der Waals surface area contributed by atoms with Gasteiger partial charge in [-0.2, -0.15) is 0 Å². The van der Waals surface area contributed by atoms with Crippen LogP contribution >= 0.6 is 11.6 Å². The number of halogens is 1. The van der Waals surface area contributed by atoms with E-state index in [1.165, 1.54) is 0 Å². The minimum absolute atomic E-state index is 0.142. The van der Waals surface area contributed by atoms with Crippen molar-refractivity contribution in [3.63, 3.8) is 0 Å². The second-order valence-electron chi connectivity index (χ2n) is 6.14. The molecule has 3 aromatic carbocycles. The van der Waals surface area contributed by atoms with E-state index in [2.05, 4.69) is 15.3 Å². The molecule has 0 fully saturated rings. The van der Waals surface area contributed by atoms with Crippen molar-refractivity contribution in [2.75, 3.05) is 5.32 Å². The normalized spacial score (nSPS) is 10.8. The molecule has 0 radical (unpaired) electrons. The molecule has 128 valence electrons. The van der Waals surface area contributed by atoms with E-state index in [0.29, 0.717) is 10.6 Å². The van der Waals surface area contributed by atoms with Gasteiger partial charge in [-0.3, -0.25) is 4.79 Å². The Labute approximate surface area is 155 Å². The number of carbonyl (C=O) groups excluding carboxylic acids is 1. The van der Waals surface area contributed by atoms with E-state index in [9.17, 15) is 4.79 Å². The molecule has 4 rings (SSSR count). The molecule has 0 atom stereocenters. The quantitative estimate of drug-likeness (QED) is 0.510. The molecule has 26 heavy (non-hydrogen) atoms. The highest BCUT2D eigenvalue weighted by molar-refractivity contribution is 6.31. The van der Waals surface area contributed by atoms with Crippen molar-refractivity contribution in [1.82, 2.24) is 9.97 Å². The lowest BCUT2D eigenvalue weighted by Gasteiger charge is -2.06. The molecule has 4 aromatic rings. The summed E-state index contributed by atoms with van der Waals surface area (Å²) in [5.74, 6) is 0.601. The van der Waals surface area contributed by atoms with Crippen molar-refractivity contribution in [2.45, 2.75) is 6.92 Å². The first-order chi connectivity index (χ1) is 12.6. The fourth-order valence-corrected chi connectivity index (χ4v) is 2.91. The highest BCUT2D eigenvalue weighted by Gasteiger charge is 2.09. The lowest BCUT2D eigenvalue weighted by atomic mass is 10.1. The maximum absolute atomic E-state index is 12.4. The molecule has 0 aliphatic heterocycles. The van der Waals surface area contributed by atoms with Crippen LogP contribution in [0.1, 0.15) is 15.9 Å². The maximum atomic E-state index is 12.4. The van der Waals surface area contributed by atoms with Gasteiger partial charge >= 0.3 is 0 Å². The molecule has 0 bridgehead atoms. The van der Waals surface area contributed by atoms with Gasteiger partial charge in [-0.05, 0) is 49.4 Å².